The Hall–Kier alpha value is -3.02. The van der Waals surface area contributed by atoms with Gasteiger partial charge in [0.1, 0.15) is 18.1 Å². The second kappa shape index (κ2) is 11.9. The highest BCUT2D eigenvalue weighted by molar-refractivity contribution is 5.61. The number of nitrogens with zero attached hydrogens (tertiary/aromatic N) is 2. The van der Waals surface area contributed by atoms with Crippen LogP contribution in [0.25, 0.3) is 0 Å². The monoisotopic (exact) mass is 460 g/mol. The van der Waals surface area contributed by atoms with Gasteiger partial charge in [0.25, 0.3) is 0 Å². The van der Waals surface area contributed by atoms with Gasteiger partial charge in [0.05, 0.1) is 38.1 Å². The van der Waals surface area contributed by atoms with Crippen LogP contribution < -0.4 is 14.4 Å². The minimum Gasteiger partial charge on any atom is -0.497 e. The number of hydrogen-bond donors (Lipinski definition) is 0. The van der Waals surface area contributed by atoms with E-state index in [2.05, 4.69) is 78.2 Å². The third kappa shape index (κ3) is 5.72. The van der Waals surface area contributed by atoms with Crippen LogP contribution in [0.15, 0.2) is 78.9 Å². The lowest BCUT2D eigenvalue weighted by molar-refractivity contribution is 0.0547. The molecule has 0 aliphatic carbocycles. The van der Waals surface area contributed by atoms with Crippen LogP contribution in [0.5, 0.6) is 11.5 Å². The van der Waals surface area contributed by atoms with Crippen molar-refractivity contribution in [2.24, 2.45) is 0 Å². The van der Waals surface area contributed by atoms with E-state index in [1.807, 2.05) is 24.3 Å². The van der Waals surface area contributed by atoms with Gasteiger partial charge < -0.3 is 19.1 Å². The maximum atomic E-state index is 6.25. The average molecular weight is 461 g/mol. The molecular formula is C29H36N2O3. The van der Waals surface area contributed by atoms with E-state index in [1.165, 1.54) is 11.1 Å². The highest BCUT2D eigenvalue weighted by Gasteiger charge is 2.32. The van der Waals surface area contributed by atoms with Gasteiger partial charge in [-0.15, -0.1) is 0 Å². The standard InChI is InChI=1S/C29H36N2O3/c1-4-30(5-2)25(21-33-20-23-11-7-6-8-12-23)19-31-27-13-9-10-14-29(27)34-22-28(31)24-15-17-26(32-3)18-16-24/h6-18,25,28H,4-5,19-22H2,1-3H3. The first kappa shape index (κ1) is 24.1. The molecule has 0 radical (unpaired) electrons. The topological polar surface area (TPSA) is 34.2 Å². The zero-order chi connectivity index (χ0) is 23.8. The molecule has 0 bridgehead atoms. The largest absolute Gasteiger partial charge is 0.497 e. The zero-order valence-corrected chi connectivity index (χ0v) is 20.5. The Balaban J connectivity index is 1.58. The summed E-state index contributed by atoms with van der Waals surface area (Å²) in [5, 5.41) is 0. The fourth-order valence-corrected chi connectivity index (χ4v) is 4.70. The maximum absolute atomic E-state index is 6.25. The fraction of sp³-hybridized carbons (Fsp3) is 0.379. The molecule has 0 fully saturated rings. The van der Waals surface area contributed by atoms with Gasteiger partial charge in [-0.05, 0) is 48.5 Å². The minimum absolute atomic E-state index is 0.119. The molecular weight excluding hydrogens is 424 g/mol. The number of benzene rings is 3. The summed E-state index contributed by atoms with van der Waals surface area (Å²) in [6.07, 6.45) is 0. The Morgan fingerprint density at radius 1 is 0.941 bits per heavy atom. The molecule has 1 aliphatic rings. The van der Waals surface area contributed by atoms with Crippen LogP contribution in [-0.4, -0.2) is 50.9 Å². The Morgan fingerprint density at radius 2 is 1.65 bits per heavy atom. The van der Waals surface area contributed by atoms with Crippen LogP contribution in [0.3, 0.4) is 0 Å². The molecule has 5 heteroatoms. The Labute approximate surface area is 203 Å². The number of rotatable bonds is 11. The average Bonchev–Trinajstić information content (AvgIpc) is 2.90. The summed E-state index contributed by atoms with van der Waals surface area (Å²) in [5.74, 6) is 1.80. The predicted octanol–water partition coefficient (Wildman–Crippen LogP) is 5.56. The molecule has 5 nitrogen and oxygen atoms in total. The van der Waals surface area contributed by atoms with Crippen molar-refractivity contribution in [1.82, 2.24) is 4.90 Å². The fourth-order valence-electron chi connectivity index (χ4n) is 4.70. The molecule has 34 heavy (non-hydrogen) atoms. The van der Waals surface area contributed by atoms with E-state index in [0.29, 0.717) is 19.8 Å². The van der Waals surface area contributed by atoms with Crippen LogP contribution in [-0.2, 0) is 11.3 Å². The van der Waals surface area contributed by atoms with Gasteiger partial charge in [-0.25, -0.2) is 0 Å². The van der Waals surface area contributed by atoms with E-state index < -0.39 is 0 Å². The van der Waals surface area contributed by atoms with E-state index in [1.54, 1.807) is 7.11 Å². The first-order valence-corrected chi connectivity index (χ1v) is 12.2. The summed E-state index contributed by atoms with van der Waals surface area (Å²) in [4.78, 5) is 4.99. The number of likely N-dealkylation sites (N-methyl/N-ethyl adjacent to an activating group) is 1. The lowest BCUT2D eigenvalue weighted by atomic mass is 10.0. The van der Waals surface area contributed by atoms with Gasteiger partial charge in [0.15, 0.2) is 0 Å². The molecule has 0 saturated carbocycles. The lowest BCUT2D eigenvalue weighted by Gasteiger charge is -2.42. The summed E-state index contributed by atoms with van der Waals surface area (Å²) in [6, 6.07) is 27.5. The minimum atomic E-state index is 0.119. The van der Waals surface area contributed by atoms with Crippen molar-refractivity contribution in [2.45, 2.75) is 32.5 Å². The SMILES string of the molecule is CCN(CC)C(COCc1ccccc1)CN1c2ccccc2OCC1c1ccc(OC)cc1. The molecule has 2 atom stereocenters. The number of methoxy groups -OCH3 is 1. The summed E-state index contributed by atoms with van der Waals surface area (Å²) in [7, 11) is 1.70. The molecule has 3 aromatic carbocycles. The smallest absolute Gasteiger partial charge is 0.142 e. The summed E-state index contributed by atoms with van der Waals surface area (Å²) in [5.41, 5.74) is 3.56. The second-order valence-electron chi connectivity index (χ2n) is 8.60. The maximum Gasteiger partial charge on any atom is 0.142 e. The van der Waals surface area contributed by atoms with E-state index in [0.717, 1.165) is 36.8 Å². The van der Waals surface area contributed by atoms with Crippen molar-refractivity contribution >= 4 is 5.69 Å². The van der Waals surface area contributed by atoms with Crippen molar-refractivity contribution in [2.75, 3.05) is 44.9 Å². The third-order valence-electron chi connectivity index (χ3n) is 6.61. The first-order chi connectivity index (χ1) is 16.7. The number of fused-ring (bicyclic) bond motifs is 1. The van der Waals surface area contributed by atoms with Gasteiger partial charge >= 0.3 is 0 Å². The van der Waals surface area contributed by atoms with Crippen molar-refractivity contribution in [1.29, 1.82) is 0 Å². The Kier molecular flexibility index (Phi) is 8.45. The van der Waals surface area contributed by atoms with Crippen molar-refractivity contribution < 1.29 is 14.2 Å². The van der Waals surface area contributed by atoms with Crippen molar-refractivity contribution in [3.63, 3.8) is 0 Å². The molecule has 0 aromatic heterocycles. The molecule has 1 heterocycles. The van der Waals surface area contributed by atoms with Crippen molar-refractivity contribution in [3.8, 4) is 11.5 Å². The molecule has 0 amide bonds. The van der Waals surface area contributed by atoms with Gasteiger partial charge in [0, 0.05) is 6.54 Å². The van der Waals surface area contributed by atoms with E-state index in [-0.39, 0.29) is 12.1 Å². The molecule has 0 N–H and O–H groups in total. The van der Waals surface area contributed by atoms with Crippen LogP contribution in [0, 0.1) is 0 Å². The van der Waals surface area contributed by atoms with Gasteiger partial charge in [-0.2, -0.15) is 0 Å². The highest BCUT2D eigenvalue weighted by atomic mass is 16.5. The second-order valence-corrected chi connectivity index (χ2v) is 8.60. The molecule has 3 aromatic rings. The van der Waals surface area contributed by atoms with E-state index in [4.69, 9.17) is 14.2 Å². The Bertz CT molecular complexity index is 1010. The molecule has 1 aliphatic heterocycles. The van der Waals surface area contributed by atoms with Crippen LogP contribution in [0.2, 0.25) is 0 Å². The summed E-state index contributed by atoms with van der Waals surface area (Å²) >= 11 is 0. The Morgan fingerprint density at radius 3 is 2.35 bits per heavy atom. The number of ether oxygens (including phenoxy) is 3. The first-order valence-electron chi connectivity index (χ1n) is 12.2. The normalized spacial score (nSPS) is 16.1. The lowest BCUT2D eigenvalue weighted by Crippen LogP contribution is -2.49. The molecule has 0 saturated heterocycles. The van der Waals surface area contributed by atoms with Crippen molar-refractivity contribution in [3.05, 3.63) is 90.0 Å². The van der Waals surface area contributed by atoms with E-state index in [9.17, 15) is 0 Å². The highest BCUT2D eigenvalue weighted by Crippen LogP contribution is 2.39. The number of hydrogen-bond acceptors (Lipinski definition) is 5. The third-order valence-corrected chi connectivity index (χ3v) is 6.61. The molecule has 180 valence electrons. The predicted molar refractivity (Wildman–Crippen MR) is 138 cm³/mol. The van der Waals surface area contributed by atoms with Gasteiger partial charge in [-0.1, -0.05) is 68.4 Å². The van der Waals surface area contributed by atoms with Crippen LogP contribution in [0.4, 0.5) is 5.69 Å². The van der Waals surface area contributed by atoms with Gasteiger partial charge in [-0.3, -0.25) is 4.90 Å². The zero-order valence-electron chi connectivity index (χ0n) is 20.5. The van der Waals surface area contributed by atoms with Gasteiger partial charge in [0.2, 0.25) is 0 Å². The summed E-state index contributed by atoms with van der Waals surface area (Å²) < 4.78 is 17.8. The quantitative estimate of drug-likeness (QED) is 0.374. The van der Waals surface area contributed by atoms with Crippen LogP contribution >= 0.6 is 0 Å². The molecule has 2 unspecified atom stereocenters. The van der Waals surface area contributed by atoms with Crippen LogP contribution in [0.1, 0.15) is 31.0 Å². The number of para-hydroxylation sites is 2. The molecule has 4 rings (SSSR count). The summed E-state index contributed by atoms with van der Waals surface area (Å²) in [6.45, 7) is 9.17. The molecule has 0 spiro atoms. The number of anilines is 1. The van der Waals surface area contributed by atoms with E-state index >= 15 is 0 Å².